The van der Waals surface area contributed by atoms with Crippen molar-refractivity contribution in [2.24, 2.45) is 0 Å². The van der Waals surface area contributed by atoms with Crippen molar-refractivity contribution in [2.45, 2.75) is 18.9 Å². The molecule has 0 bridgehead atoms. The third-order valence-electron chi connectivity index (χ3n) is 3.82. The van der Waals surface area contributed by atoms with E-state index in [1.54, 1.807) is 21.1 Å². The highest BCUT2D eigenvalue weighted by molar-refractivity contribution is 5.34. The Labute approximate surface area is 137 Å². The topological polar surface area (TPSA) is 59.8 Å². The number of ether oxygens (including phenoxy) is 1. The van der Waals surface area contributed by atoms with Crippen molar-refractivity contribution in [2.75, 3.05) is 34.9 Å². The van der Waals surface area contributed by atoms with Crippen molar-refractivity contribution in [1.29, 1.82) is 0 Å². The summed E-state index contributed by atoms with van der Waals surface area (Å²) in [5.41, 5.74) is 0.337. The van der Waals surface area contributed by atoms with Crippen LogP contribution < -0.4 is 9.57 Å². The van der Waals surface area contributed by atoms with Crippen molar-refractivity contribution in [3.05, 3.63) is 47.5 Å². The smallest absolute Gasteiger partial charge is 0.181 e. The van der Waals surface area contributed by atoms with Crippen LogP contribution in [0.2, 0.25) is 0 Å². The van der Waals surface area contributed by atoms with Gasteiger partial charge in [0.1, 0.15) is 18.5 Å². The predicted octanol–water partition coefficient (Wildman–Crippen LogP) is 1.31. The van der Waals surface area contributed by atoms with Crippen molar-refractivity contribution >= 4 is 0 Å². The summed E-state index contributed by atoms with van der Waals surface area (Å²) >= 11 is 0. The van der Waals surface area contributed by atoms with Crippen LogP contribution in [-0.4, -0.2) is 54.6 Å². The van der Waals surface area contributed by atoms with Crippen LogP contribution in [0.25, 0.3) is 0 Å². The Balaban J connectivity index is 2.33. The van der Waals surface area contributed by atoms with Gasteiger partial charge in [-0.3, -0.25) is 0 Å². The number of imidazole rings is 1. The highest BCUT2D eigenvalue weighted by Gasteiger charge is 2.32. The fourth-order valence-corrected chi connectivity index (χ4v) is 2.38. The zero-order chi connectivity index (χ0) is 17.0. The van der Waals surface area contributed by atoms with E-state index >= 15 is 0 Å². The maximum Gasteiger partial charge on any atom is 0.181 e. The Morgan fingerprint density at radius 1 is 1.22 bits per heavy atom. The van der Waals surface area contributed by atoms with E-state index < -0.39 is 5.60 Å². The Morgan fingerprint density at radius 3 is 2.39 bits per heavy atom. The molecule has 0 aliphatic heterocycles. The molecular formula is C17H25N3O3. The van der Waals surface area contributed by atoms with Gasteiger partial charge in [0, 0.05) is 13.0 Å². The van der Waals surface area contributed by atoms with Gasteiger partial charge in [0.15, 0.2) is 5.82 Å². The lowest BCUT2D eigenvalue weighted by molar-refractivity contribution is 0.0556. The monoisotopic (exact) mass is 319 g/mol. The van der Waals surface area contributed by atoms with Gasteiger partial charge < -0.3 is 19.6 Å². The van der Waals surface area contributed by atoms with Crippen LogP contribution in [0.3, 0.4) is 0 Å². The standard InChI is InChI=1S/C17H25N3O3/c1-17(21,13-6-8-15(22-4)9-7-13)16-18-14(10-11-19(2)3)12-20(16)23-5/h6-9,12,21H,10-11H2,1-5H3. The summed E-state index contributed by atoms with van der Waals surface area (Å²) in [5.74, 6) is 1.20. The van der Waals surface area contributed by atoms with Crippen molar-refractivity contribution in [1.82, 2.24) is 14.6 Å². The normalized spacial score (nSPS) is 13.9. The molecule has 6 nitrogen and oxygen atoms in total. The molecule has 126 valence electrons. The molecule has 2 rings (SSSR count). The van der Waals surface area contributed by atoms with Crippen LogP contribution in [0.4, 0.5) is 0 Å². The maximum atomic E-state index is 11.0. The predicted molar refractivity (Wildman–Crippen MR) is 88.7 cm³/mol. The van der Waals surface area contributed by atoms with Gasteiger partial charge in [-0.25, -0.2) is 4.98 Å². The number of rotatable bonds is 7. The van der Waals surface area contributed by atoms with E-state index in [9.17, 15) is 5.11 Å². The molecule has 0 fully saturated rings. The molecule has 1 unspecified atom stereocenters. The van der Waals surface area contributed by atoms with Gasteiger partial charge in [-0.2, -0.15) is 4.73 Å². The Kier molecular flexibility index (Phi) is 5.28. The van der Waals surface area contributed by atoms with Gasteiger partial charge in [-0.15, -0.1) is 0 Å². The molecule has 1 aromatic heterocycles. The molecule has 2 aromatic rings. The van der Waals surface area contributed by atoms with Crippen LogP contribution in [0.5, 0.6) is 5.75 Å². The highest BCUT2D eigenvalue weighted by Crippen LogP contribution is 2.29. The van der Waals surface area contributed by atoms with E-state index in [4.69, 9.17) is 9.57 Å². The summed E-state index contributed by atoms with van der Waals surface area (Å²) < 4.78 is 6.68. The number of nitrogens with zero attached hydrogens (tertiary/aromatic N) is 3. The molecule has 0 aliphatic rings. The molecule has 0 spiro atoms. The molecule has 1 aromatic carbocycles. The molecule has 0 radical (unpaired) electrons. The summed E-state index contributed by atoms with van der Waals surface area (Å²) in [6.45, 7) is 2.59. The SMILES string of the molecule is COc1ccc(C(C)(O)c2nc(CCN(C)C)cn2OC)cc1. The maximum absolute atomic E-state index is 11.0. The van der Waals surface area contributed by atoms with E-state index in [0.29, 0.717) is 5.82 Å². The Bertz CT molecular complexity index is 633. The minimum Gasteiger partial charge on any atom is -0.497 e. The van der Waals surface area contributed by atoms with Crippen LogP contribution >= 0.6 is 0 Å². The van der Waals surface area contributed by atoms with E-state index in [2.05, 4.69) is 9.88 Å². The van der Waals surface area contributed by atoms with Crippen LogP contribution in [-0.2, 0) is 12.0 Å². The second-order valence-electron chi connectivity index (χ2n) is 5.92. The van der Waals surface area contributed by atoms with Gasteiger partial charge in [0.2, 0.25) is 0 Å². The number of benzene rings is 1. The van der Waals surface area contributed by atoms with Crippen molar-refractivity contribution in [3.63, 3.8) is 0 Å². The first-order chi connectivity index (χ1) is 10.9. The molecular weight excluding hydrogens is 294 g/mol. The third kappa shape index (κ3) is 3.83. The van der Waals surface area contributed by atoms with Crippen LogP contribution in [0.1, 0.15) is 24.0 Å². The second kappa shape index (κ2) is 7.02. The van der Waals surface area contributed by atoms with Gasteiger partial charge in [-0.05, 0) is 38.7 Å². The van der Waals surface area contributed by atoms with Crippen LogP contribution in [0, 0.1) is 0 Å². The van der Waals surface area contributed by atoms with Crippen molar-refractivity contribution < 1.29 is 14.7 Å². The van der Waals surface area contributed by atoms with E-state index in [0.717, 1.165) is 30.0 Å². The first-order valence-corrected chi connectivity index (χ1v) is 7.53. The second-order valence-corrected chi connectivity index (χ2v) is 5.92. The molecule has 23 heavy (non-hydrogen) atoms. The first kappa shape index (κ1) is 17.3. The number of hydrogen-bond donors (Lipinski definition) is 1. The lowest BCUT2D eigenvalue weighted by Crippen LogP contribution is -2.29. The fraction of sp³-hybridized carbons (Fsp3) is 0.471. The van der Waals surface area contributed by atoms with E-state index in [1.165, 1.54) is 4.73 Å². The molecule has 0 amide bonds. The van der Waals surface area contributed by atoms with Gasteiger partial charge in [0.25, 0.3) is 0 Å². The highest BCUT2D eigenvalue weighted by atomic mass is 16.6. The summed E-state index contributed by atoms with van der Waals surface area (Å²) in [7, 11) is 7.20. The summed E-state index contributed by atoms with van der Waals surface area (Å²) in [5, 5.41) is 11.0. The minimum atomic E-state index is -1.27. The first-order valence-electron chi connectivity index (χ1n) is 7.53. The molecule has 0 aliphatic carbocycles. The van der Waals surface area contributed by atoms with Gasteiger partial charge >= 0.3 is 0 Å². The lowest BCUT2D eigenvalue weighted by Gasteiger charge is -2.23. The number of hydrogen-bond acceptors (Lipinski definition) is 5. The average Bonchev–Trinajstić information content (AvgIpc) is 2.97. The van der Waals surface area contributed by atoms with E-state index in [1.807, 2.05) is 44.6 Å². The zero-order valence-electron chi connectivity index (χ0n) is 14.4. The fourth-order valence-electron chi connectivity index (χ4n) is 2.38. The van der Waals surface area contributed by atoms with Gasteiger partial charge in [-0.1, -0.05) is 12.1 Å². The number of aliphatic hydroxyl groups is 1. The van der Waals surface area contributed by atoms with Crippen molar-refractivity contribution in [3.8, 4) is 5.75 Å². The largest absolute Gasteiger partial charge is 0.497 e. The van der Waals surface area contributed by atoms with E-state index in [-0.39, 0.29) is 0 Å². The zero-order valence-corrected chi connectivity index (χ0v) is 14.4. The third-order valence-corrected chi connectivity index (χ3v) is 3.82. The Hall–Kier alpha value is -2.05. The summed E-state index contributed by atoms with van der Waals surface area (Å²) in [6, 6.07) is 7.29. The summed E-state index contributed by atoms with van der Waals surface area (Å²) in [4.78, 5) is 12.0. The molecule has 1 heterocycles. The van der Waals surface area contributed by atoms with Gasteiger partial charge in [0.05, 0.1) is 19.0 Å². The molecule has 6 heteroatoms. The van der Waals surface area contributed by atoms with Crippen LogP contribution in [0.15, 0.2) is 30.5 Å². The number of likely N-dealkylation sites (N-methyl/N-ethyl adjacent to an activating group) is 1. The molecule has 0 saturated carbocycles. The quantitative estimate of drug-likeness (QED) is 0.834. The minimum absolute atomic E-state index is 0.457. The number of methoxy groups -OCH3 is 1. The molecule has 1 N–H and O–H groups in total. The average molecular weight is 319 g/mol. The molecule has 0 saturated heterocycles. The lowest BCUT2D eigenvalue weighted by atomic mass is 9.95. The molecule has 1 atom stereocenters. The Morgan fingerprint density at radius 2 is 1.87 bits per heavy atom. The summed E-state index contributed by atoms with van der Waals surface area (Å²) in [6.07, 6.45) is 2.60. The number of aromatic nitrogens is 2.